The first-order valence-electron chi connectivity index (χ1n) is 20.2. The second-order valence-corrected chi connectivity index (χ2v) is 16.4. The molecule has 326 valence electrons. The minimum Gasteiger partial charge on any atom is -0.481 e. The monoisotopic (exact) mass is 884 g/mol. The van der Waals surface area contributed by atoms with E-state index in [1.165, 1.54) is 7.11 Å². The highest BCUT2D eigenvalue weighted by Crippen LogP contribution is 2.50. The van der Waals surface area contributed by atoms with Gasteiger partial charge in [0.2, 0.25) is 29.3 Å². The number of fused-ring (bicyclic) bond motifs is 3. The van der Waals surface area contributed by atoms with E-state index >= 15 is 0 Å². The van der Waals surface area contributed by atoms with Crippen molar-refractivity contribution in [2.24, 2.45) is 5.92 Å². The van der Waals surface area contributed by atoms with Gasteiger partial charge in [-0.15, -0.1) is 0 Å². The molecule has 1 amide bonds. The van der Waals surface area contributed by atoms with Crippen molar-refractivity contribution < 1.29 is 54.9 Å². The zero-order chi connectivity index (χ0) is 43.7. The van der Waals surface area contributed by atoms with E-state index in [4.69, 9.17) is 25.5 Å². The molecule has 0 radical (unpaired) electrons. The summed E-state index contributed by atoms with van der Waals surface area (Å²) >= 11 is 7.06. The number of carbonyl (C=O) groups excluding carboxylic acids is 1. The summed E-state index contributed by atoms with van der Waals surface area (Å²) in [6.45, 7) is 0.912. The van der Waals surface area contributed by atoms with E-state index in [1.807, 2.05) is 4.90 Å². The van der Waals surface area contributed by atoms with E-state index in [0.717, 1.165) is 5.56 Å². The maximum absolute atomic E-state index is 14.9. The number of oxazole rings is 1. The average molecular weight is 885 g/mol. The molecule has 2 aliphatic heterocycles. The number of hydrogen-bond donors (Lipinski definition) is 3. The number of nitrogens with zero attached hydrogens (tertiary/aromatic N) is 4. The zero-order valence-electron chi connectivity index (χ0n) is 33.1. The molecule has 4 heterocycles. The van der Waals surface area contributed by atoms with E-state index in [9.17, 15) is 41.0 Å². The molecule has 2 fully saturated rings. The lowest BCUT2D eigenvalue weighted by Gasteiger charge is -2.25. The van der Waals surface area contributed by atoms with Crippen LogP contribution in [0.4, 0.5) is 26.3 Å². The van der Waals surface area contributed by atoms with Crippen molar-refractivity contribution in [1.82, 2.24) is 30.5 Å². The van der Waals surface area contributed by atoms with E-state index in [-0.39, 0.29) is 77.0 Å². The Morgan fingerprint density at radius 2 is 1.69 bits per heavy atom. The summed E-state index contributed by atoms with van der Waals surface area (Å²) in [5.41, 5.74) is 0.547. The standard InChI is InChI=1S/C43H39ClF6N6O6/c1-60-39-30(18-51-17-21-8-13-33(57)52-21)53-37(43(48,49)50)40(55-39)61-32-12-10-23-22(4-2-5-24(23)32)26-6-3-7-27(35(26)44)38-54-29-16-28-25(34(36(29)62-38)42(45,46)47)9-11-31(28)56-15-14-20(19-56)41(58)59/h2-7,16,20-21,31-32,51H,8-15,17-19H2,1H3,(H,52,57)(H,58,59)/t20-,21-,31-,32+/m1/s1. The Kier molecular flexibility index (Phi) is 10.8. The largest absolute Gasteiger partial charge is 0.481 e. The Morgan fingerprint density at radius 1 is 0.935 bits per heavy atom. The van der Waals surface area contributed by atoms with E-state index < -0.39 is 59.1 Å². The highest BCUT2D eigenvalue weighted by atomic mass is 35.5. The summed E-state index contributed by atoms with van der Waals surface area (Å²) in [7, 11) is 1.27. The van der Waals surface area contributed by atoms with Gasteiger partial charge in [0, 0.05) is 43.7 Å². The highest BCUT2D eigenvalue weighted by molar-refractivity contribution is 6.36. The van der Waals surface area contributed by atoms with Gasteiger partial charge < -0.3 is 29.6 Å². The molecular weight excluding hydrogens is 846 g/mol. The van der Waals surface area contributed by atoms with Crippen LogP contribution in [0.15, 0.2) is 46.9 Å². The molecule has 9 rings (SSSR count). The molecule has 0 unspecified atom stereocenters. The number of aliphatic carboxylic acids is 1. The molecule has 12 nitrogen and oxygen atoms in total. The van der Waals surface area contributed by atoms with Crippen molar-refractivity contribution in [3.05, 3.63) is 86.7 Å². The molecule has 0 spiro atoms. The van der Waals surface area contributed by atoms with Gasteiger partial charge in [0.05, 0.1) is 23.6 Å². The lowest BCUT2D eigenvalue weighted by molar-refractivity contribution is -0.144. The van der Waals surface area contributed by atoms with Crippen LogP contribution in [0, 0.1) is 5.92 Å². The van der Waals surface area contributed by atoms with Crippen LogP contribution in [0.3, 0.4) is 0 Å². The van der Waals surface area contributed by atoms with Crippen LogP contribution in [-0.4, -0.2) is 69.6 Å². The maximum Gasteiger partial charge on any atom is 0.438 e. The number of carboxylic acids is 1. The van der Waals surface area contributed by atoms with E-state index in [2.05, 4.69) is 25.6 Å². The number of ether oxygens (including phenoxy) is 2. The van der Waals surface area contributed by atoms with Gasteiger partial charge in [-0.05, 0) is 85.0 Å². The lowest BCUT2D eigenvalue weighted by Crippen LogP contribution is -2.35. The van der Waals surface area contributed by atoms with Gasteiger partial charge in [-0.3, -0.25) is 14.5 Å². The molecule has 0 saturated carbocycles. The third-order valence-corrected chi connectivity index (χ3v) is 12.7. The first-order valence-corrected chi connectivity index (χ1v) is 20.6. The van der Waals surface area contributed by atoms with Gasteiger partial charge in [-0.2, -0.15) is 31.3 Å². The normalized spacial score (nSPS) is 21.4. The molecule has 3 N–H and O–H groups in total. The van der Waals surface area contributed by atoms with E-state index in [1.54, 1.807) is 42.5 Å². The number of halogens is 7. The quantitative estimate of drug-likeness (QED) is 0.110. The fraction of sp³-hybridized carbons (Fsp3) is 0.419. The van der Waals surface area contributed by atoms with E-state index in [0.29, 0.717) is 67.4 Å². The number of carboxylic acid groups (broad SMARTS) is 1. The molecular formula is C43H39ClF6N6O6. The number of carbonyl (C=O) groups is 2. The summed E-state index contributed by atoms with van der Waals surface area (Å²) in [5.74, 6) is -2.64. The molecule has 62 heavy (non-hydrogen) atoms. The van der Waals surface area contributed by atoms with Gasteiger partial charge in [0.1, 0.15) is 22.9 Å². The number of likely N-dealkylation sites (tertiary alicyclic amines) is 1. The van der Waals surface area contributed by atoms with Crippen molar-refractivity contribution in [2.45, 2.75) is 82.0 Å². The summed E-state index contributed by atoms with van der Waals surface area (Å²) in [4.78, 5) is 37.7. The Balaban J connectivity index is 1.01. The first-order chi connectivity index (χ1) is 29.6. The highest BCUT2D eigenvalue weighted by Gasteiger charge is 2.45. The van der Waals surface area contributed by atoms with Gasteiger partial charge in [-0.1, -0.05) is 41.9 Å². The van der Waals surface area contributed by atoms with Gasteiger partial charge in [-0.25, -0.2) is 9.97 Å². The lowest BCUT2D eigenvalue weighted by atomic mass is 9.95. The molecule has 0 bridgehead atoms. The predicted molar refractivity (Wildman–Crippen MR) is 211 cm³/mol. The molecule has 2 aromatic heterocycles. The topological polar surface area (TPSA) is 152 Å². The van der Waals surface area contributed by atoms with Crippen LogP contribution in [0.1, 0.15) is 83.5 Å². The molecule has 4 aliphatic rings. The van der Waals surface area contributed by atoms with Crippen LogP contribution in [-0.2, 0) is 41.3 Å². The molecule has 5 aromatic rings. The fourth-order valence-corrected chi connectivity index (χ4v) is 9.71. The number of methoxy groups -OCH3 is 1. The number of alkyl halides is 6. The van der Waals surface area contributed by atoms with Crippen LogP contribution in [0.25, 0.3) is 33.7 Å². The second-order valence-electron chi connectivity index (χ2n) is 16.0. The second kappa shape index (κ2) is 16.0. The summed E-state index contributed by atoms with van der Waals surface area (Å²) < 4.78 is 105. The number of amides is 1. The molecule has 19 heteroatoms. The average Bonchev–Trinajstić information content (AvgIpc) is 4.07. The van der Waals surface area contributed by atoms with Gasteiger partial charge in [0.15, 0.2) is 5.58 Å². The Bertz CT molecular complexity index is 2600. The Morgan fingerprint density at radius 3 is 2.40 bits per heavy atom. The van der Waals surface area contributed by atoms with Crippen LogP contribution >= 0.6 is 11.6 Å². The van der Waals surface area contributed by atoms with Crippen LogP contribution in [0.5, 0.6) is 11.8 Å². The smallest absolute Gasteiger partial charge is 0.438 e. The summed E-state index contributed by atoms with van der Waals surface area (Å²) in [5, 5.41) is 15.5. The Hall–Kier alpha value is -5.46. The third-order valence-electron chi connectivity index (χ3n) is 12.3. The van der Waals surface area contributed by atoms with Crippen molar-refractivity contribution in [1.29, 1.82) is 0 Å². The zero-order valence-corrected chi connectivity index (χ0v) is 33.8. The molecule has 3 aromatic carbocycles. The first kappa shape index (κ1) is 41.9. The summed E-state index contributed by atoms with van der Waals surface area (Å²) in [6.07, 6.45) is -7.95. The predicted octanol–water partition coefficient (Wildman–Crippen LogP) is 8.48. The number of benzene rings is 3. The maximum atomic E-state index is 14.9. The molecule has 4 atom stereocenters. The minimum absolute atomic E-state index is 0.00432. The van der Waals surface area contributed by atoms with Crippen molar-refractivity contribution in [3.8, 4) is 34.3 Å². The molecule has 2 aliphatic carbocycles. The third kappa shape index (κ3) is 7.69. The van der Waals surface area contributed by atoms with Crippen molar-refractivity contribution >= 4 is 34.6 Å². The SMILES string of the molecule is COc1nc(O[C@H]2CCc3c(-c4cccc(-c5nc6cc7c(c(C(F)(F)F)c6o5)CC[C@H]7N5CC[C@@H](C(=O)O)C5)c4Cl)cccc32)c(C(F)(F)F)nc1CNC[C@H]1CCC(=O)N1. The van der Waals surface area contributed by atoms with Gasteiger partial charge in [0.25, 0.3) is 0 Å². The number of nitrogens with one attached hydrogen (secondary N) is 2. The number of rotatable bonds is 11. The summed E-state index contributed by atoms with van der Waals surface area (Å²) in [6, 6.07) is 11.3. The van der Waals surface area contributed by atoms with Gasteiger partial charge >= 0.3 is 18.3 Å². The van der Waals surface area contributed by atoms with Crippen LogP contribution in [0.2, 0.25) is 5.02 Å². The fourth-order valence-electron chi connectivity index (χ4n) is 9.41. The van der Waals surface area contributed by atoms with Crippen molar-refractivity contribution in [3.63, 3.8) is 0 Å². The Labute approximate surface area is 355 Å². The molecule has 2 saturated heterocycles. The van der Waals surface area contributed by atoms with Crippen LogP contribution < -0.4 is 20.1 Å². The number of aromatic nitrogens is 3. The van der Waals surface area contributed by atoms with Crippen molar-refractivity contribution in [2.75, 3.05) is 26.7 Å². The minimum atomic E-state index is -4.92. The number of hydrogen-bond acceptors (Lipinski definition) is 10.